The van der Waals surface area contributed by atoms with Gasteiger partial charge in [-0.3, -0.25) is 9.36 Å². The lowest BCUT2D eigenvalue weighted by Gasteiger charge is -2.10. The van der Waals surface area contributed by atoms with Gasteiger partial charge in [0.15, 0.2) is 0 Å². The Balaban J connectivity index is 0.00000169. The molecule has 1 heterocycles. The third-order valence-electron chi connectivity index (χ3n) is 1.72. The van der Waals surface area contributed by atoms with Crippen LogP contribution < -0.4 is 11.3 Å². The fourth-order valence-electron chi connectivity index (χ4n) is 0.935. The summed E-state index contributed by atoms with van der Waals surface area (Å²) in [5.41, 5.74) is 5.44. The SMILES string of the molecule is CN(C)CCn1cncc(N)c1=O.Cl. The number of halogens is 1. The minimum atomic E-state index is -0.170. The van der Waals surface area contributed by atoms with Gasteiger partial charge >= 0.3 is 0 Å². The van der Waals surface area contributed by atoms with Gasteiger partial charge in [-0.1, -0.05) is 0 Å². The van der Waals surface area contributed by atoms with Crippen molar-refractivity contribution in [1.29, 1.82) is 0 Å². The van der Waals surface area contributed by atoms with Crippen molar-refractivity contribution in [3.8, 4) is 0 Å². The zero-order chi connectivity index (χ0) is 9.84. The van der Waals surface area contributed by atoms with Crippen LogP contribution in [0.3, 0.4) is 0 Å². The molecule has 1 aromatic heterocycles. The van der Waals surface area contributed by atoms with Gasteiger partial charge in [0.25, 0.3) is 5.56 Å². The number of nitrogens with two attached hydrogens (primary N) is 1. The molecule has 0 atom stereocenters. The van der Waals surface area contributed by atoms with Crippen LogP contribution in [0.15, 0.2) is 17.3 Å². The number of anilines is 1. The van der Waals surface area contributed by atoms with Crippen LogP contribution in [0.1, 0.15) is 0 Å². The van der Waals surface area contributed by atoms with Crippen LogP contribution >= 0.6 is 12.4 Å². The van der Waals surface area contributed by atoms with E-state index < -0.39 is 0 Å². The maximum atomic E-state index is 11.4. The molecule has 0 fully saturated rings. The lowest BCUT2D eigenvalue weighted by Crippen LogP contribution is -2.28. The zero-order valence-corrected chi connectivity index (χ0v) is 9.12. The summed E-state index contributed by atoms with van der Waals surface area (Å²) in [5, 5.41) is 0. The van der Waals surface area contributed by atoms with E-state index >= 15 is 0 Å². The molecule has 1 aromatic rings. The molecule has 0 aliphatic carbocycles. The second-order valence-electron chi connectivity index (χ2n) is 3.15. The largest absolute Gasteiger partial charge is 0.393 e. The third kappa shape index (κ3) is 3.35. The van der Waals surface area contributed by atoms with E-state index in [1.807, 2.05) is 19.0 Å². The number of hydrogen-bond acceptors (Lipinski definition) is 4. The Bertz CT molecular complexity index is 336. The normalized spacial score (nSPS) is 9.93. The Labute approximate surface area is 89.0 Å². The second kappa shape index (κ2) is 5.62. The van der Waals surface area contributed by atoms with Crippen LogP contribution in [0.2, 0.25) is 0 Å². The molecule has 0 radical (unpaired) electrons. The molecule has 0 bridgehead atoms. The minimum absolute atomic E-state index is 0. The predicted octanol–water partition coefficient (Wildman–Crippen LogP) is -0.191. The summed E-state index contributed by atoms with van der Waals surface area (Å²) in [6.07, 6.45) is 2.87. The minimum Gasteiger partial charge on any atom is -0.393 e. The quantitative estimate of drug-likeness (QED) is 0.764. The first-order chi connectivity index (χ1) is 6.11. The summed E-state index contributed by atoms with van der Waals surface area (Å²) in [4.78, 5) is 17.2. The first kappa shape index (κ1) is 12.9. The monoisotopic (exact) mass is 218 g/mol. The van der Waals surface area contributed by atoms with Crippen molar-refractivity contribution in [3.05, 3.63) is 22.9 Å². The first-order valence-electron chi connectivity index (χ1n) is 4.06. The molecular weight excluding hydrogens is 204 g/mol. The molecule has 6 heteroatoms. The van der Waals surface area contributed by atoms with E-state index in [1.54, 1.807) is 0 Å². The van der Waals surface area contributed by atoms with E-state index in [1.165, 1.54) is 17.1 Å². The highest BCUT2D eigenvalue weighted by Crippen LogP contribution is 1.88. The highest BCUT2D eigenvalue weighted by atomic mass is 35.5. The van der Waals surface area contributed by atoms with Crippen LogP contribution in [-0.2, 0) is 6.54 Å². The molecule has 14 heavy (non-hydrogen) atoms. The Morgan fingerprint density at radius 3 is 2.79 bits per heavy atom. The Kier molecular flexibility index (Phi) is 5.19. The molecule has 2 N–H and O–H groups in total. The number of aromatic nitrogens is 2. The highest BCUT2D eigenvalue weighted by Gasteiger charge is 1.99. The Hall–Kier alpha value is -1.07. The molecule has 0 aliphatic heterocycles. The van der Waals surface area contributed by atoms with E-state index in [0.717, 1.165) is 6.54 Å². The van der Waals surface area contributed by atoms with Gasteiger partial charge in [-0.2, -0.15) is 0 Å². The van der Waals surface area contributed by atoms with Crippen molar-refractivity contribution in [2.75, 3.05) is 26.4 Å². The average molecular weight is 219 g/mol. The summed E-state index contributed by atoms with van der Waals surface area (Å²) in [5.74, 6) is 0. The number of nitrogens with zero attached hydrogens (tertiary/aromatic N) is 3. The van der Waals surface area contributed by atoms with Crippen molar-refractivity contribution in [3.63, 3.8) is 0 Å². The summed E-state index contributed by atoms with van der Waals surface area (Å²) >= 11 is 0. The molecule has 5 nitrogen and oxygen atoms in total. The van der Waals surface area contributed by atoms with Crippen molar-refractivity contribution in [2.45, 2.75) is 6.54 Å². The summed E-state index contributed by atoms with van der Waals surface area (Å²) in [6.45, 7) is 1.41. The van der Waals surface area contributed by atoms with Gasteiger partial charge in [-0.25, -0.2) is 4.98 Å². The van der Waals surface area contributed by atoms with E-state index in [-0.39, 0.29) is 23.7 Å². The van der Waals surface area contributed by atoms with Gasteiger partial charge in [0.2, 0.25) is 0 Å². The second-order valence-corrected chi connectivity index (χ2v) is 3.15. The standard InChI is InChI=1S/C8H14N4O.ClH/c1-11(2)3-4-12-6-10-5-7(9)8(12)13;/h5-6H,3-4,9H2,1-2H3;1H. The summed E-state index contributed by atoms with van der Waals surface area (Å²) in [7, 11) is 3.90. The fourth-order valence-corrected chi connectivity index (χ4v) is 0.935. The lowest BCUT2D eigenvalue weighted by atomic mass is 10.5. The maximum Gasteiger partial charge on any atom is 0.276 e. The molecule has 0 spiro atoms. The van der Waals surface area contributed by atoms with Gasteiger partial charge in [0.05, 0.1) is 12.5 Å². The van der Waals surface area contributed by atoms with Crippen LogP contribution in [0.25, 0.3) is 0 Å². The number of rotatable bonds is 3. The van der Waals surface area contributed by atoms with Crippen molar-refractivity contribution >= 4 is 18.1 Å². The van der Waals surface area contributed by atoms with Gasteiger partial charge in [0, 0.05) is 13.1 Å². The topological polar surface area (TPSA) is 64.2 Å². The van der Waals surface area contributed by atoms with Gasteiger partial charge in [0.1, 0.15) is 5.69 Å². The van der Waals surface area contributed by atoms with Gasteiger partial charge < -0.3 is 10.6 Å². The average Bonchev–Trinajstić information content (AvgIpc) is 2.07. The molecule has 0 saturated heterocycles. The zero-order valence-electron chi connectivity index (χ0n) is 8.30. The maximum absolute atomic E-state index is 11.4. The fraction of sp³-hybridized carbons (Fsp3) is 0.500. The number of hydrogen-bond donors (Lipinski definition) is 1. The number of nitrogen functional groups attached to an aromatic ring is 1. The van der Waals surface area contributed by atoms with Crippen molar-refractivity contribution in [2.24, 2.45) is 0 Å². The molecule has 0 aliphatic rings. The molecular formula is C8H15ClN4O. The highest BCUT2D eigenvalue weighted by molar-refractivity contribution is 5.85. The molecule has 80 valence electrons. The Morgan fingerprint density at radius 1 is 1.57 bits per heavy atom. The smallest absolute Gasteiger partial charge is 0.276 e. The van der Waals surface area contributed by atoms with Crippen LogP contribution in [-0.4, -0.2) is 35.1 Å². The van der Waals surface area contributed by atoms with Crippen LogP contribution in [0.4, 0.5) is 5.69 Å². The van der Waals surface area contributed by atoms with Crippen LogP contribution in [0.5, 0.6) is 0 Å². The lowest BCUT2D eigenvalue weighted by molar-refractivity contribution is 0.380. The summed E-state index contributed by atoms with van der Waals surface area (Å²) in [6, 6.07) is 0. The van der Waals surface area contributed by atoms with E-state index in [0.29, 0.717) is 6.54 Å². The van der Waals surface area contributed by atoms with E-state index in [4.69, 9.17) is 5.73 Å². The predicted molar refractivity (Wildman–Crippen MR) is 58.7 cm³/mol. The van der Waals surface area contributed by atoms with Crippen LogP contribution in [0, 0.1) is 0 Å². The summed E-state index contributed by atoms with van der Waals surface area (Å²) < 4.78 is 1.51. The third-order valence-corrected chi connectivity index (χ3v) is 1.72. The number of likely N-dealkylation sites (N-methyl/N-ethyl adjacent to an activating group) is 1. The molecule has 0 aromatic carbocycles. The van der Waals surface area contributed by atoms with Gasteiger partial charge in [-0.05, 0) is 14.1 Å². The molecule has 1 rings (SSSR count). The molecule has 0 amide bonds. The van der Waals surface area contributed by atoms with Crippen molar-refractivity contribution < 1.29 is 0 Å². The molecule has 0 saturated carbocycles. The van der Waals surface area contributed by atoms with Gasteiger partial charge in [-0.15, -0.1) is 12.4 Å². The molecule has 0 unspecified atom stereocenters. The van der Waals surface area contributed by atoms with E-state index in [9.17, 15) is 4.79 Å². The Morgan fingerprint density at radius 2 is 2.21 bits per heavy atom. The van der Waals surface area contributed by atoms with Crippen molar-refractivity contribution in [1.82, 2.24) is 14.5 Å². The van der Waals surface area contributed by atoms with E-state index in [2.05, 4.69) is 4.98 Å². The first-order valence-corrected chi connectivity index (χ1v) is 4.06.